The van der Waals surface area contributed by atoms with Gasteiger partial charge in [0.2, 0.25) is 5.88 Å². The van der Waals surface area contributed by atoms with Crippen molar-refractivity contribution < 1.29 is 13.5 Å². The Morgan fingerprint density at radius 3 is 2.60 bits per heavy atom. The summed E-state index contributed by atoms with van der Waals surface area (Å²) >= 11 is 0. The molecule has 0 saturated heterocycles. The van der Waals surface area contributed by atoms with Crippen LogP contribution in [0.4, 0.5) is 14.6 Å². The van der Waals surface area contributed by atoms with Crippen LogP contribution in [0.5, 0.6) is 11.6 Å². The summed E-state index contributed by atoms with van der Waals surface area (Å²) in [5.41, 5.74) is 2.63. The third kappa shape index (κ3) is 3.28. The molecule has 0 amide bonds. The number of halogens is 2. The van der Waals surface area contributed by atoms with Crippen LogP contribution in [0.25, 0.3) is 0 Å². The molecule has 4 nitrogen and oxygen atoms in total. The number of hydrogen-bond acceptors (Lipinski definition) is 4. The van der Waals surface area contributed by atoms with Gasteiger partial charge in [0.05, 0.1) is 0 Å². The molecule has 0 fully saturated rings. The topological polar surface area (TPSA) is 38.2 Å². The molecule has 0 spiro atoms. The quantitative estimate of drug-likeness (QED) is 0.720. The van der Waals surface area contributed by atoms with E-state index in [4.69, 9.17) is 4.74 Å². The number of benzene rings is 2. The van der Waals surface area contributed by atoms with E-state index in [9.17, 15) is 8.78 Å². The van der Waals surface area contributed by atoms with Gasteiger partial charge in [-0.05, 0) is 29.7 Å². The van der Waals surface area contributed by atoms with Crippen molar-refractivity contribution >= 4 is 5.82 Å². The van der Waals surface area contributed by atoms with E-state index >= 15 is 0 Å². The van der Waals surface area contributed by atoms with E-state index in [0.717, 1.165) is 37.5 Å². The fourth-order valence-corrected chi connectivity index (χ4v) is 2.91. The van der Waals surface area contributed by atoms with Crippen molar-refractivity contribution in [2.45, 2.75) is 13.0 Å². The average molecular weight is 339 g/mol. The molecule has 25 heavy (non-hydrogen) atoms. The molecule has 4 rings (SSSR count). The van der Waals surface area contributed by atoms with Crippen LogP contribution in [0.1, 0.15) is 11.1 Å². The summed E-state index contributed by atoms with van der Waals surface area (Å²) in [6.45, 7) is 1.61. The molecular weight excluding hydrogens is 324 g/mol. The van der Waals surface area contributed by atoms with E-state index in [-0.39, 0.29) is 11.6 Å². The second-order valence-electron chi connectivity index (χ2n) is 5.83. The van der Waals surface area contributed by atoms with Crippen molar-refractivity contribution in [1.82, 2.24) is 9.97 Å². The van der Waals surface area contributed by atoms with Crippen molar-refractivity contribution in [3.63, 3.8) is 0 Å². The van der Waals surface area contributed by atoms with Gasteiger partial charge in [-0.15, -0.1) is 0 Å². The number of nitrogens with zero attached hydrogens (tertiary/aromatic N) is 3. The summed E-state index contributed by atoms with van der Waals surface area (Å²) in [6.07, 6.45) is 2.35. The Hall–Kier alpha value is -3.02. The van der Waals surface area contributed by atoms with Crippen LogP contribution < -0.4 is 9.64 Å². The van der Waals surface area contributed by atoms with Crippen molar-refractivity contribution in [2.24, 2.45) is 0 Å². The molecule has 1 aliphatic heterocycles. The highest BCUT2D eigenvalue weighted by Gasteiger charge is 2.17. The number of ether oxygens (including phenoxy) is 1. The van der Waals surface area contributed by atoms with Gasteiger partial charge in [0.15, 0.2) is 11.6 Å². The molecule has 0 aliphatic carbocycles. The molecule has 126 valence electrons. The maximum atomic E-state index is 13.3. The van der Waals surface area contributed by atoms with E-state index < -0.39 is 11.6 Å². The van der Waals surface area contributed by atoms with Crippen molar-refractivity contribution in [1.29, 1.82) is 0 Å². The van der Waals surface area contributed by atoms with Crippen molar-refractivity contribution in [3.8, 4) is 11.6 Å². The number of anilines is 1. The molecule has 6 heteroatoms. The lowest BCUT2D eigenvalue weighted by molar-refractivity contribution is 0.446. The second kappa shape index (κ2) is 6.47. The number of rotatable bonds is 3. The smallest absolute Gasteiger partial charge is 0.224 e. The van der Waals surface area contributed by atoms with Gasteiger partial charge in [0.25, 0.3) is 0 Å². The first-order valence-corrected chi connectivity index (χ1v) is 7.96. The summed E-state index contributed by atoms with van der Waals surface area (Å²) < 4.78 is 31.8. The molecule has 1 aliphatic rings. The Morgan fingerprint density at radius 2 is 1.76 bits per heavy atom. The Balaban J connectivity index is 1.55. The predicted molar refractivity (Wildman–Crippen MR) is 89.7 cm³/mol. The number of aromatic nitrogens is 2. The summed E-state index contributed by atoms with van der Waals surface area (Å²) in [7, 11) is 0. The van der Waals surface area contributed by atoms with Crippen LogP contribution in [0.15, 0.2) is 54.9 Å². The third-order valence-electron chi connectivity index (χ3n) is 4.20. The minimum atomic E-state index is -0.959. The van der Waals surface area contributed by atoms with Gasteiger partial charge >= 0.3 is 0 Å². The molecule has 0 unspecified atom stereocenters. The zero-order valence-corrected chi connectivity index (χ0v) is 13.3. The minimum Gasteiger partial charge on any atom is -0.439 e. The van der Waals surface area contributed by atoms with Crippen LogP contribution in [0.2, 0.25) is 0 Å². The fourth-order valence-electron chi connectivity index (χ4n) is 2.91. The van der Waals surface area contributed by atoms with Gasteiger partial charge in [0.1, 0.15) is 17.9 Å². The normalized spacial score (nSPS) is 13.4. The zero-order chi connectivity index (χ0) is 17.2. The molecule has 1 aromatic heterocycles. The Kier molecular flexibility index (Phi) is 4.01. The van der Waals surface area contributed by atoms with Gasteiger partial charge < -0.3 is 9.64 Å². The maximum Gasteiger partial charge on any atom is 0.224 e. The van der Waals surface area contributed by atoms with Gasteiger partial charge in [-0.1, -0.05) is 24.3 Å². The SMILES string of the molecule is Fc1ccc(Oc2cc(N3CCc4ccccc4C3)ncn2)cc1F. The highest BCUT2D eigenvalue weighted by atomic mass is 19.2. The third-order valence-corrected chi connectivity index (χ3v) is 4.20. The molecular formula is C19H15F2N3O. The number of fused-ring (bicyclic) bond motifs is 1. The van der Waals surface area contributed by atoms with Crippen LogP contribution in [0, 0.1) is 11.6 Å². The highest BCUT2D eigenvalue weighted by molar-refractivity contribution is 5.46. The van der Waals surface area contributed by atoms with Gasteiger partial charge in [-0.3, -0.25) is 0 Å². The number of hydrogen-bond donors (Lipinski definition) is 0. The molecule has 0 saturated carbocycles. The lowest BCUT2D eigenvalue weighted by Gasteiger charge is -2.29. The van der Waals surface area contributed by atoms with Crippen LogP contribution in [-0.4, -0.2) is 16.5 Å². The Labute approximate surface area is 143 Å². The van der Waals surface area contributed by atoms with Crippen molar-refractivity contribution in [3.05, 3.63) is 77.6 Å². The lowest BCUT2D eigenvalue weighted by Crippen LogP contribution is -2.30. The first kappa shape index (κ1) is 15.5. The minimum absolute atomic E-state index is 0.188. The van der Waals surface area contributed by atoms with Crippen LogP contribution in [-0.2, 0) is 13.0 Å². The maximum absolute atomic E-state index is 13.3. The summed E-state index contributed by atoms with van der Waals surface area (Å²) in [5.74, 6) is -0.661. The molecule has 2 aromatic carbocycles. The Morgan fingerprint density at radius 1 is 0.920 bits per heavy atom. The van der Waals surface area contributed by atoms with Crippen molar-refractivity contribution in [2.75, 3.05) is 11.4 Å². The zero-order valence-electron chi connectivity index (χ0n) is 13.3. The van der Waals surface area contributed by atoms with E-state index in [1.807, 2.05) is 12.1 Å². The van der Waals surface area contributed by atoms with Gasteiger partial charge in [-0.25, -0.2) is 18.7 Å². The first-order chi connectivity index (χ1) is 12.2. The molecule has 3 aromatic rings. The summed E-state index contributed by atoms with van der Waals surface area (Å²) in [4.78, 5) is 10.5. The summed E-state index contributed by atoms with van der Waals surface area (Å²) in [6, 6.07) is 13.4. The predicted octanol–water partition coefficient (Wildman–Crippen LogP) is 4.11. The molecule has 0 N–H and O–H groups in total. The lowest BCUT2D eigenvalue weighted by atomic mass is 10.00. The van der Waals surface area contributed by atoms with E-state index in [0.29, 0.717) is 0 Å². The van der Waals surface area contributed by atoms with E-state index in [1.165, 1.54) is 23.5 Å². The van der Waals surface area contributed by atoms with E-state index in [1.54, 1.807) is 6.07 Å². The van der Waals surface area contributed by atoms with Gasteiger partial charge in [0, 0.05) is 25.2 Å². The highest BCUT2D eigenvalue weighted by Crippen LogP contribution is 2.27. The molecule has 2 heterocycles. The monoisotopic (exact) mass is 339 g/mol. The first-order valence-electron chi connectivity index (χ1n) is 7.96. The second-order valence-corrected chi connectivity index (χ2v) is 5.83. The van der Waals surface area contributed by atoms with E-state index in [2.05, 4.69) is 27.0 Å². The standard InChI is InChI=1S/C19H15F2N3O/c20-16-6-5-15(9-17(16)21)25-19-10-18(22-12-23-19)24-8-7-13-3-1-2-4-14(13)11-24/h1-6,9-10,12H,7-8,11H2. The Bertz CT molecular complexity index is 917. The average Bonchev–Trinajstić information content (AvgIpc) is 2.65. The summed E-state index contributed by atoms with van der Waals surface area (Å²) in [5, 5.41) is 0. The fraction of sp³-hybridized carbons (Fsp3) is 0.158. The molecule has 0 bridgehead atoms. The van der Waals surface area contributed by atoms with Gasteiger partial charge in [-0.2, -0.15) is 0 Å². The molecule has 0 radical (unpaired) electrons. The van der Waals surface area contributed by atoms with Crippen LogP contribution >= 0.6 is 0 Å². The largest absolute Gasteiger partial charge is 0.439 e. The van der Waals surface area contributed by atoms with Crippen LogP contribution in [0.3, 0.4) is 0 Å². The molecule has 0 atom stereocenters.